The van der Waals surface area contributed by atoms with Gasteiger partial charge in [0.2, 0.25) is 9.84 Å². The third-order valence-corrected chi connectivity index (χ3v) is 6.30. The Hall–Kier alpha value is -3.56. The Labute approximate surface area is 183 Å². The lowest BCUT2D eigenvalue weighted by Gasteiger charge is -2.12. The molecule has 0 radical (unpaired) electrons. The molecule has 0 N–H and O–H groups in total. The highest BCUT2D eigenvalue weighted by Gasteiger charge is 2.20. The van der Waals surface area contributed by atoms with E-state index < -0.39 is 9.84 Å². The summed E-state index contributed by atoms with van der Waals surface area (Å²) >= 11 is 0. The molecule has 0 aliphatic carbocycles. The quantitative estimate of drug-likeness (QED) is 0.477. The van der Waals surface area contributed by atoms with Crippen molar-refractivity contribution < 1.29 is 17.9 Å². The molecule has 0 atom stereocenters. The highest BCUT2D eigenvalue weighted by Crippen LogP contribution is 2.31. The number of hydrogen-bond donors (Lipinski definition) is 0. The average molecular weight is 434 g/mol. The molecule has 31 heavy (non-hydrogen) atoms. The van der Waals surface area contributed by atoms with Crippen LogP contribution in [-0.2, 0) is 16.4 Å². The van der Waals surface area contributed by atoms with Crippen LogP contribution < -0.4 is 9.47 Å². The number of aryl methyl sites for hydroxylation is 2. The number of nitriles is 1. The summed E-state index contributed by atoms with van der Waals surface area (Å²) in [6.07, 6.45) is 1.33. The molecule has 0 saturated carbocycles. The van der Waals surface area contributed by atoms with E-state index in [1.807, 2.05) is 13.8 Å². The second kappa shape index (κ2) is 9.50. The zero-order valence-electron chi connectivity index (χ0n) is 17.6. The van der Waals surface area contributed by atoms with Crippen molar-refractivity contribution in [3.05, 3.63) is 93.9 Å². The molecule has 0 aromatic heterocycles. The highest BCUT2D eigenvalue weighted by atomic mass is 32.2. The monoisotopic (exact) mass is 433 g/mol. The molecular weight excluding hydrogens is 410 g/mol. The van der Waals surface area contributed by atoms with E-state index in [9.17, 15) is 13.7 Å². The minimum atomic E-state index is -3.91. The molecule has 0 aliphatic heterocycles. The van der Waals surface area contributed by atoms with E-state index in [1.54, 1.807) is 42.5 Å². The SMILES string of the molecule is COc1cc(C=C(C#N)S(=O)(=O)c2ccccc2)ccc1OCc1cc(C)cc(C)c1. The number of methoxy groups -OCH3 is 1. The Morgan fingerprint density at radius 3 is 2.26 bits per heavy atom. The first kappa shape index (κ1) is 22.1. The van der Waals surface area contributed by atoms with E-state index >= 15 is 0 Å². The minimum Gasteiger partial charge on any atom is -0.493 e. The zero-order chi connectivity index (χ0) is 22.4. The van der Waals surface area contributed by atoms with Crippen molar-refractivity contribution in [3.63, 3.8) is 0 Å². The molecule has 0 fully saturated rings. The van der Waals surface area contributed by atoms with Crippen molar-refractivity contribution in [2.24, 2.45) is 0 Å². The first-order chi connectivity index (χ1) is 14.8. The molecule has 0 aliphatic rings. The van der Waals surface area contributed by atoms with Gasteiger partial charge in [0.25, 0.3) is 0 Å². The van der Waals surface area contributed by atoms with Gasteiger partial charge in [-0.1, -0.05) is 53.6 Å². The van der Waals surface area contributed by atoms with Crippen LogP contribution in [0.15, 0.2) is 76.5 Å². The summed E-state index contributed by atoms with van der Waals surface area (Å²) in [5.74, 6) is 0.982. The van der Waals surface area contributed by atoms with Gasteiger partial charge >= 0.3 is 0 Å². The predicted molar refractivity (Wildman–Crippen MR) is 120 cm³/mol. The second-order valence-corrected chi connectivity index (χ2v) is 9.05. The maximum absolute atomic E-state index is 12.8. The fourth-order valence-corrected chi connectivity index (χ4v) is 4.44. The summed E-state index contributed by atoms with van der Waals surface area (Å²) in [6.45, 7) is 4.45. The van der Waals surface area contributed by atoms with Gasteiger partial charge in [-0.05, 0) is 55.3 Å². The predicted octanol–water partition coefficient (Wildman–Crippen LogP) is 5.23. The first-order valence-corrected chi connectivity index (χ1v) is 11.1. The molecule has 0 heterocycles. The molecule has 3 aromatic rings. The maximum atomic E-state index is 12.8. The van der Waals surface area contributed by atoms with Crippen LogP contribution in [0, 0.1) is 25.2 Å². The van der Waals surface area contributed by atoms with Crippen molar-refractivity contribution in [2.75, 3.05) is 7.11 Å². The second-order valence-electron chi connectivity index (χ2n) is 7.13. The van der Waals surface area contributed by atoms with Gasteiger partial charge in [-0.3, -0.25) is 0 Å². The number of ether oxygens (including phenoxy) is 2. The molecule has 0 unspecified atom stereocenters. The smallest absolute Gasteiger partial charge is 0.216 e. The topological polar surface area (TPSA) is 76.4 Å². The van der Waals surface area contributed by atoms with Crippen molar-refractivity contribution >= 4 is 15.9 Å². The molecule has 0 saturated heterocycles. The standard InChI is InChI=1S/C25H23NO4S/c1-18-11-19(2)13-21(12-18)17-30-24-10-9-20(15-25(24)29-3)14-23(16-26)31(27,28)22-7-5-4-6-8-22/h4-15H,17H2,1-3H3. The summed E-state index contributed by atoms with van der Waals surface area (Å²) in [5.41, 5.74) is 3.89. The first-order valence-electron chi connectivity index (χ1n) is 9.63. The van der Waals surface area contributed by atoms with Gasteiger partial charge in [0.15, 0.2) is 11.5 Å². The molecule has 0 spiro atoms. The molecule has 6 heteroatoms. The highest BCUT2D eigenvalue weighted by molar-refractivity contribution is 7.95. The van der Waals surface area contributed by atoms with Gasteiger partial charge in [0.1, 0.15) is 17.6 Å². The van der Waals surface area contributed by atoms with E-state index in [1.165, 1.54) is 25.3 Å². The van der Waals surface area contributed by atoms with Crippen molar-refractivity contribution in [1.82, 2.24) is 0 Å². The Morgan fingerprint density at radius 1 is 0.968 bits per heavy atom. The van der Waals surface area contributed by atoms with E-state index in [2.05, 4.69) is 18.2 Å². The summed E-state index contributed by atoms with van der Waals surface area (Å²) < 4.78 is 36.9. The molecule has 0 amide bonds. The van der Waals surface area contributed by atoms with E-state index in [-0.39, 0.29) is 9.80 Å². The Bertz CT molecular complexity index is 1240. The Balaban J connectivity index is 1.87. The van der Waals surface area contributed by atoms with Crippen LogP contribution >= 0.6 is 0 Å². The average Bonchev–Trinajstić information content (AvgIpc) is 2.76. The number of rotatable bonds is 7. The van der Waals surface area contributed by atoms with Crippen LogP contribution in [0.1, 0.15) is 22.3 Å². The largest absolute Gasteiger partial charge is 0.493 e. The van der Waals surface area contributed by atoms with E-state index in [4.69, 9.17) is 9.47 Å². The summed E-state index contributed by atoms with van der Waals surface area (Å²) in [7, 11) is -2.39. The van der Waals surface area contributed by atoms with Crippen molar-refractivity contribution in [2.45, 2.75) is 25.3 Å². The van der Waals surface area contributed by atoms with Gasteiger partial charge in [-0.2, -0.15) is 5.26 Å². The molecule has 3 aromatic carbocycles. The van der Waals surface area contributed by atoms with Crippen molar-refractivity contribution in [1.29, 1.82) is 5.26 Å². The van der Waals surface area contributed by atoms with Crippen LogP contribution in [0.3, 0.4) is 0 Å². The van der Waals surface area contributed by atoms with Crippen molar-refractivity contribution in [3.8, 4) is 17.6 Å². The van der Waals surface area contributed by atoms with Gasteiger partial charge in [0, 0.05) is 0 Å². The third kappa shape index (κ3) is 5.33. The summed E-state index contributed by atoms with van der Waals surface area (Å²) in [4.78, 5) is -0.271. The number of benzene rings is 3. The van der Waals surface area contributed by atoms with E-state index in [0.29, 0.717) is 23.7 Å². The lowest BCUT2D eigenvalue weighted by Crippen LogP contribution is -2.03. The molecule has 3 rings (SSSR count). The van der Waals surface area contributed by atoms with E-state index in [0.717, 1.165) is 16.7 Å². The molecular formula is C25H23NO4S. The van der Waals surface area contributed by atoms with Crippen LogP contribution in [0.25, 0.3) is 6.08 Å². The summed E-state index contributed by atoms with van der Waals surface area (Å²) in [5, 5.41) is 9.47. The Kier molecular flexibility index (Phi) is 6.78. The number of hydrogen-bond acceptors (Lipinski definition) is 5. The van der Waals surface area contributed by atoms with Gasteiger partial charge in [-0.25, -0.2) is 8.42 Å². The third-order valence-electron chi connectivity index (χ3n) is 4.61. The maximum Gasteiger partial charge on any atom is 0.216 e. The number of sulfone groups is 1. The van der Waals surface area contributed by atoms with Gasteiger partial charge < -0.3 is 9.47 Å². The van der Waals surface area contributed by atoms with Crippen LogP contribution in [-0.4, -0.2) is 15.5 Å². The lowest BCUT2D eigenvalue weighted by atomic mass is 10.1. The number of allylic oxidation sites excluding steroid dienone is 1. The van der Waals surface area contributed by atoms with Crippen LogP contribution in [0.5, 0.6) is 11.5 Å². The lowest BCUT2D eigenvalue weighted by molar-refractivity contribution is 0.284. The Morgan fingerprint density at radius 2 is 1.65 bits per heavy atom. The number of nitrogens with zero attached hydrogens (tertiary/aromatic N) is 1. The normalized spacial score (nSPS) is 11.6. The zero-order valence-corrected chi connectivity index (χ0v) is 18.4. The fourth-order valence-electron chi connectivity index (χ4n) is 3.25. The molecule has 5 nitrogen and oxygen atoms in total. The molecule has 0 bridgehead atoms. The fraction of sp³-hybridized carbons (Fsp3) is 0.160. The minimum absolute atomic E-state index is 0.0724. The van der Waals surface area contributed by atoms with Crippen LogP contribution in [0.4, 0.5) is 0 Å². The van der Waals surface area contributed by atoms with Crippen LogP contribution in [0.2, 0.25) is 0 Å². The van der Waals surface area contributed by atoms with Gasteiger partial charge in [0.05, 0.1) is 12.0 Å². The van der Waals surface area contributed by atoms with Gasteiger partial charge in [-0.15, -0.1) is 0 Å². The summed E-state index contributed by atoms with van der Waals surface area (Å²) in [6, 6.07) is 20.9. The molecule has 158 valence electrons.